The Balaban J connectivity index is 2.27. The summed E-state index contributed by atoms with van der Waals surface area (Å²) in [7, 11) is 0. The standard InChI is InChI=1S/C9H12O2/c1-6-5-11-9(10)8-4-2-3-7(6)8/h5,7-8H,2-4H2,1H3/t7-,8-/m1/s1. The number of esters is 1. The number of carbonyl (C=O) groups is 1. The molecule has 2 atom stereocenters. The lowest BCUT2D eigenvalue weighted by atomic mass is 9.89. The Morgan fingerprint density at radius 3 is 2.91 bits per heavy atom. The fourth-order valence-electron chi connectivity index (χ4n) is 2.11. The topological polar surface area (TPSA) is 26.3 Å². The average molecular weight is 152 g/mol. The van der Waals surface area contributed by atoms with Crippen molar-refractivity contribution < 1.29 is 9.53 Å². The highest BCUT2D eigenvalue weighted by Gasteiger charge is 2.37. The van der Waals surface area contributed by atoms with Gasteiger partial charge in [-0.15, -0.1) is 0 Å². The highest BCUT2D eigenvalue weighted by atomic mass is 16.5. The van der Waals surface area contributed by atoms with Gasteiger partial charge in [0.25, 0.3) is 0 Å². The van der Waals surface area contributed by atoms with Crippen molar-refractivity contribution in [2.24, 2.45) is 11.8 Å². The monoisotopic (exact) mass is 152 g/mol. The summed E-state index contributed by atoms with van der Waals surface area (Å²) in [6.07, 6.45) is 4.99. The predicted octanol–water partition coefficient (Wildman–Crippen LogP) is 1.86. The van der Waals surface area contributed by atoms with Crippen LogP contribution >= 0.6 is 0 Å². The molecule has 0 unspecified atom stereocenters. The van der Waals surface area contributed by atoms with Gasteiger partial charge in [0.1, 0.15) is 0 Å². The third-order valence-corrected chi connectivity index (χ3v) is 2.76. The normalized spacial score (nSPS) is 36.1. The molecule has 60 valence electrons. The molecule has 1 aliphatic carbocycles. The van der Waals surface area contributed by atoms with E-state index in [0.717, 1.165) is 6.42 Å². The van der Waals surface area contributed by atoms with Crippen LogP contribution in [0.5, 0.6) is 0 Å². The Kier molecular flexibility index (Phi) is 1.48. The summed E-state index contributed by atoms with van der Waals surface area (Å²) in [6, 6.07) is 0. The maximum Gasteiger partial charge on any atom is 0.314 e. The number of hydrogen-bond donors (Lipinski definition) is 0. The Bertz CT molecular complexity index is 218. The molecule has 1 heterocycles. The van der Waals surface area contributed by atoms with Crippen LogP contribution in [0.15, 0.2) is 11.8 Å². The van der Waals surface area contributed by atoms with Crippen molar-refractivity contribution in [2.45, 2.75) is 26.2 Å². The van der Waals surface area contributed by atoms with Gasteiger partial charge in [-0.25, -0.2) is 0 Å². The van der Waals surface area contributed by atoms with Crippen molar-refractivity contribution in [3.05, 3.63) is 11.8 Å². The zero-order valence-corrected chi connectivity index (χ0v) is 6.67. The van der Waals surface area contributed by atoms with Crippen molar-refractivity contribution in [1.82, 2.24) is 0 Å². The summed E-state index contributed by atoms with van der Waals surface area (Å²) in [5.41, 5.74) is 1.24. The molecular formula is C9H12O2. The number of allylic oxidation sites excluding steroid dienone is 1. The van der Waals surface area contributed by atoms with E-state index < -0.39 is 0 Å². The smallest absolute Gasteiger partial charge is 0.314 e. The molecule has 0 N–H and O–H groups in total. The third-order valence-electron chi connectivity index (χ3n) is 2.76. The number of cyclic esters (lactones) is 1. The first-order valence-electron chi connectivity index (χ1n) is 4.16. The fourth-order valence-corrected chi connectivity index (χ4v) is 2.11. The summed E-state index contributed by atoms with van der Waals surface area (Å²) in [4.78, 5) is 11.2. The second kappa shape index (κ2) is 2.36. The molecule has 0 spiro atoms. The predicted molar refractivity (Wildman–Crippen MR) is 40.7 cm³/mol. The minimum absolute atomic E-state index is 0.0156. The molecule has 0 aromatic carbocycles. The number of rotatable bonds is 0. The van der Waals surface area contributed by atoms with E-state index >= 15 is 0 Å². The SMILES string of the molecule is CC1=COC(=O)[C@@H]2CCC[C@H]12. The molecule has 1 aliphatic heterocycles. The summed E-state index contributed by atoms with van der Waals surface area (Å²) < 4.78 is 4.90. The Morgan fingerprint density at radius 2 is 2.18 bits per heavy atom. The van der Waals surface area contributed by atoms with Crippen molar-refractivity contribution in [2.75, 3.05) is 0 Å². The van der Waals surface area contributed by atoms with Gasteiger partial charge < -0.3 is 4.74 Å². The first kappa shape index (κ1) is 6.89. The molecular weight excluding hydrogens is 140 g/mol. The van der Waals surface area contributed by atoms with Crippen LogP contribution in [0.2, 0.25) is 0 Å². The molecule has 2 heteroatoms. The highest BCUT2D eigenvalue weighted by molar-refractivity contribution is 5.75. The van der Waals surface area contributed by atoms with Crippen molar-refractivity contribution in [3.8, 4) is 0 Å². The molecule has 1 saturated carbocycles. The average Bonchev–Trinajstić information content (AvgIpc) is 2.45. The Morgan fingerprint density at radius 1 is 1.45 bits per heavy atom. The van der Waals surface area contributed by atoms with E-state index in [-0.39, 0.29) is 11.9 Å². The van der Waals surface area contributed by atoms with Gasteiger partial charge >= 0.3 is 5.97 Å². The quantitative estimate of drug-likeness (QED) is 0.495. The first-order chi connectivity index (χ1) is 5.29. The van der Waals surface area contributed by atoms with E-state index in [1.807, 2.05) is 0 Å². The molecule has 0 aromatic heterocycles. The van der Waals surface area contributed by atoms with Gasteiger partial charge in [0, 0.05) is 0 Å². The van der Waals surface area contributed by atoms with E-state index in [4.69, 9.17) is 4.74 Å². The molecule has 2 rings (SSSR count). The van der Waals surface area contributed by atoms with E-state index in [1.165, 1.54) is 18.4 Å². The van der Waals surface area contributed by atoms with Crippen LogP contribution in [0.1, 0.15) is 26.2 Å². The second-order valence-electron chi connectivity index (χ2n) is 3.44. The number of fused-ring (bicyclic) bond motifs is 1. The van der Waals surface area contributed by atoms with Gasteiger partial charge in [0.05, 0.1) is 12.2 Å². The van der Waals surface area contributed by atoms with Crippen LogP contribution < -0.4 is 0 Å². The van der Waals surface area contributed by atoms with Gasteiger partial charge in [0.15, 0.2) is 0 Å². The Hall–Kier alpha value is -0.790. The van der Waals surface area contributed by atoms with Gasteiger partial charge in [-0.05, 0) is 31.3 Å². The van der Waals surface area contributed by atoms with Crippen LogP contribution in [0.25, 0.3) is 0 Å². The van der Waals surface area contributed by atoms with Gasteiger partial charge in [-0.3, -0.25) is 4.79 Å². The zero-order chi connectivity index (χ0) is 7.84. The van der Waals surface area contributed by atoms with E-state index in [0.29, 0.717) is 5.92 Å². The molecule has 0 radical (unpaired) electrons. The van der Waals surface area contributed by atoms with Gasteiger partial charge in [-0.1, -0.05) is 6.42 Å². The summed E-state index contributed by atoms with van der Waals surface area (Å²) in [5.74, 6) is 0.661. The van der Waals surface area contributed by atoms with Crippen molar-refractivity contribution in [3.63, 3.8) is 0 Å². The van der Waals surface area contributed by atoms with Crippen LogP contribution in [0.3, 0.4) is 0 Å². The minimum Gasteiger partial charge on any atom is -0.434 e. The largest absolute Gasteiger partial charge is 0.434 e. The van der Waals surface area contributed by atoms with Crippen LogP contribution in [-0.4, -0.2) is 5.97 Å². The van der Waals surface area contributed by atoms with Crippen molar-refractivity contribution in [1.29, 1.82) is 0 Å². The fraction of sp³-hybridized carbons (Fsp3) is 0.667. The van der Waals surface area contributed by atoms with Gasteiger partial charge in [-0.2, -0.15) is 0 Å². The lowest BCUT2D eigenvalue weighted by molar-refractivity contribution is -0.145. The molecule has 2 aliphatic rings. The Labute approximate surface area is 66.2 Å². The van der Waals surface area contributed by atoms with Gasteiger partial charge in [0.2, 0.25) is 0 Å². The van der Waals surface area contributed by atoms with E-state index in [1.54, 1.807) is 6.26 Å². The number of hydrogen-bond acceptors (Lipinski definition) is 2. The summed E-state index contributed by atoms with van der Waals surface area (Å²) >= 11 is 0. The maximum absolute atomic E-state index is 11.2. The summed E-state index contributed by atoms with van der Waals surface area (Å²) in [5, 5.41) is 0. The lowest BCUT2D eigenvalue weighted by Gasteiger charge is -2.22. The molecule has 1 fully saturated rings. The van der Waals surface area contributed by atoms with Crippen LogP contribution in [0, 0.1) is 11.8 Å². The van der Waals surface area contributed by atoms with Crippen LogP contribution in [-0.2, 0) is 9.53 Å². The number of ether oxygens (including phenoxy) is 1. The third kappa shape index (κ3) is 0.971. The minimum atomic E-state index is -0.0156. The van der Waals surface area contributed by atoms with E-state index in [2.05, 4.69) is 6.92 Å². The molecule has 0 amide bonds. The molecule has 0 aromatic rings. The first-order valence-corrected chi connectivity index (χ1v) is 4.16. The molecule has 0 bridgehead atoms. The molecule has 11 heavy (non-hydrogen) atoms. The molecule has 0 saturated heterocycles. The second-order valence-corrected chi connectivity index (χ2v) is 3.44. The van der Waals surface area contributed by atoms with Crippen molar-refractivity contribution >= 4 is 5.97 Å². The highest BCUT2D eigenvalue weighted by Crippen LogP contribution is 2.39. The van der Waals surface area contributed by atoms with E-state index in [9.17, 15) is 4.79 Å². The zero-order valence-electron chi connectivity index (χ0n) is 6.67. The lowest BCUT2D eigenvalue weighted by Crippen LogP contribution is -2.24. The number of carbonyl (C=O) groups excluding carboxylic acids is 1. The van der Waals surface area contributed by atoms with Crippen LogP contribution in [0.4, 0.5) is 0 Å². The maximum atomic E-state index is 11.2. The summed E-state index contributed by atoms with van der Waals surface area (Å²) in [6.45, 7) is 2.05. The molecule has 2 nitrogen and oxygen atoms in total.